The Morgan fingerprint density at radius 1 is 1.00 bits per heavy atom. The second-order valence-electron chi connectivity index (χ2n) is 2.68. The standard InChI is InChI=1S/2C3H7.CH3.Al/c2*1-3-2;;/h2*1,3H2,2H3;1H3;. The van der Waals surface area contributed by atoms with Gasteiger partial charge < -0.3 is 0 Å². The minimum atomic E-state index is -0.202. The van der Waals surface area contributed by atoms with E-state index in [0.717, 1.165) is 0 Å². The molecule has 8 heavy (non-hydrogen) atoms. The molecule has 0 aliphatic carbocycles. The first-order valence-corrected chi connectivity index (χ1v) is 6.60. The van der Waals surface area contributed by atoms with Crippen LogP contribution in [0.5, 0.6) is 0 Å². The molecule has 0 amide bonds. The number of rotatable bonds is 4. The Kier molecular flexibility index (Phi) is 6.04. The van der Waals surface area contributed by atoms with Crippen molar-refractivity contribution >= 4 is 14.1 Å². The molecule has 0 aromatic carbocycles. The average molecular weight is 128 g/mol. The van der Waals surface area contributed by atoms with Crippen molar-refractivity contribution in [3.8, 4) is 0 Å². The van der Waals surface area contributed by atoms with Crippen molar-refractivity contribution in [3.05, 3.63) is 0 Å². The summed E-state index contributed by atoms with van der Waals surface area (Å²) in [6, 6.07) is 0. The molecule has 0 aromatic heterocycles. The van der Waals surface area contributed by atoms with E-state index in [4.69, 9.17) is 0 Å². The normalized spacial score (nSPS) is 9.38. The van der Waals surface area contributed by atoms with Crippen LogP contribution in [0, 0.1) is 0 Å². The molecule has 0 heterocycles. The van der Waals surface area contributed by atoms with E-state index in [1.54, 1.807) is 10.6 Å². The highest BCUT2D eigenvalue weighted by atomic mass is 27.2. The summed E-state index contributed by atoms with van der Waals surface area (Å²) in [5, 5.41) is 3.10. The van der Waals surface area contributed by atoms with Crippen LogP contribution in [-0.2, 0) is 0 Å². The van der Waals surface area contributed by atoms with Gasteiger partial charge in [0.05, 0.1) is 0 Å². The lowest BCUT2D eigenvalue weighted by Gasteiger charge is -1.98. The smallest absolute Gasteiger partial charge is 0.106 e. The van der Waals surface area contributed by atoms with Gasteiger partial charge in [-0.2, -0.15) is 0 Å². The van der Waals surface area contributed by atoms with Gasteiger partial charge >= 0.3 is 0 Å². The highest BCUT2D eigenvalue weighted by molar-refractivity contribution is 6.57. The molecular formula is C7H17Al. The van der Waals surface area contributed by atoms with Crippen molar-refractivity contribution in [2.45, 2.75) is 43.0 Å². The lowest BCUT2D eigenvalue weighted by Crippen LogP contribution is -2.03. The van der Waals surface area contributed by atoms with Crippen LogP contribution in [0.15, 0.2) is 0 Å². The van der Waals surface area contributed by atoms with E-state index in [-0.39, 0.29) is 14.1 Å². The Balaban J connectivity index is 2.92. The molecule has 0 N–H and O–H groups in total. The van der Waals surface area contributed by atoms with Crippen molar-refractivity contribution in [2.75, 3.05) is 0 Å². The Bertz CT molecular complexity index is 37.7. The van der Waals surface area contributed by atoms with Crippen LogP contribution in [0.2, 0.25) is 16.4 Å². The molecule has 0 saturated carbocycles. The fourth-order valence-electron chi connectivity index (χ4n) is 1.13. The van der Waals surface area contributed by atoms with Gasteiger partial charge in [-0.15, -0.1) is 5.79 Å². The largest absolute Gasteiger partial charge is 0.258 e. The van der Waals surface area contributed by atoms with Gasteiger partial charge in [-0.25, -0.2) is 0 Å². The minimum Gasteiger partial charge on any atom is -0.106 e. The van der Waals surface area contributed by atoms with E-state index >= 15 is 0 Å². The molecule has 0 nitrogen and oxygen atoms in total. The number of hydrogen-bond acceptors (Lipinski definition) is 0. The van der Waals surface area contributed by atoms with E-state index in [1.165, 1.54) is 12.8 Å². The highest BCUT2D eigenvalue weighted by Crippen LogP contribution is 2.03. The Morgan fingerprint density at radius 2 is 1.38 bits per heavy atom. The predicted molar refractivity (Wildman–Crippen MR) is 41.8 cm³/mol. The molecule has 0 bridgehead atoms. The second kappa shape index (κ2) is 5.67. The zero-order valence-electron chi connectivity index (χ0n) is 6.41. The fraction of sp³-hybridized carbons (Fsp3) is 1.00. The first-order valence-electron chi connectivity index (χ1n) is 3.81. The van der Waals surface area contributed by atoms with E-state index in [2.05, 4.69) is 19.6 Å². The van der Waals surface area contributed by atoms with Gasteiger partial charge in [0.15, 0.2) is 0 Å². The summed E-state index contributed by atoms with van der Waals surface area (Å²) in [5.74, 6) is 2.48. The maximum atomic E-state index is 2.48. The van der Waals surface area contributed by atoms with Crippen LogP contribution in [0.25, 0.3) is 0 Å². The lowest BCUT2D eigenvalue weighted by molar-refractivity contribution is 1.01. The van der Waals surface area contributed by atoms with E-state index < -0.39 is 0 Å². The Morgan fingerprint density at radius 3 is 1.62 bits per heavy atom. The first-order chi connectivity index (χ1) is 3.81. The molecule has 0 fully saturated rings. The Labute approximate surface area is 57.7 Å². The summed E-state index contributed by atoms with van der Waals surface area (Å²) in [4.78, 5) is 0. The topological polar surface area (TPSA) is 0 Å². The van der Waals surface area contributed by atoms with E-state index in [9.17, 15) is 0 Å². The van der Waals surface area contributed by atoms with Gasteiger partial charge in [0, 0.05) is 0 Å². The summed E-state index contributed by atoms with van der Waals surface area (Å²) < 4.78 is 0. The predicted octanol–water partition coefficient (Wildman–Crippen LogP) is 2.93. The highest BCUT2D eigenvalue weighted by Gasteiger charge is 2.04. The second-order valence-corrected chi connectivity index (χ2v) is 6.05. The average Bonchev–Trinajstić information content (AvgIpc) is 1.68. The summed E-state index contributed by atoms with van der Waals surface area (Å²) in [7, 11) is 0. The zero-order valence-corrected chi connectivity index (χ0v) is 7.56. The van der Waals surface area contributed by atoms with Crippen LogP contribution in [0.1, 0.15) is 26.7 Å². The maximum absolute atomic E-state index is 2.48. The molecule has 1 heteroatoms. The molecule has 48 valence electrons. The van der Waals surface area contributed by atoms with Crippen molar-refractivity contribution in [1.29, 1.82) is 0 Å². The van der Waals surface area contributed by atoms with Gasteiger partial charge in [-0.1, -0.05) is 37.3 Å². The monoisotopic (exact) mass is 128 g/mol. The SMILES string of the molecule is CC[CH2][Al]([CH3])[CH2]CC. The van der Waals surface area contributed by atoms with Crippen molar-refractivity contribution in [1.82, 2.24) is 0 Å². The molecule has 0 spiro atoms. The van der Waals surface area contributed by atoms with Crippen molar-refractivity contribution in [2.24, 2.45) is 0 Å². The van der Waals surface area contributed by atoms with Gasteiger partial charge in [0.2, 0.25) is 0 Å². The quantitative estimate of drug-likeness (QED) is 0.511. The van der Waals surface area contributed by atoms with Crippen LogP contribution in [0.4, 0.5) is 0 Å². The maximum Gasteiger partial charge on any atom is 0.258 e. The summed E-state index contributed by atoms with van der Waals surface area (Å²) >= 11 is -0.202. The molecule has 0 unspecified atom stereocenters. The van der Waals surface area contributed by atoms with Crippen molar-refractivity contribution < 1.29 is 0 Å². The molecule has 0 radical (unpaired) electrons. The van der Waals surface area contributed by atoms with Crippen molar-refractivity contribution in [3.63, 3.8) is 0 Å². The van der Waals surface area contributed by atoms with Gasteiger partial charge in [-0.3, -0.25) is 0 Å². The molecule has 0 aliphatic heterocycles. The third kappa shape index (κ3) is 4.69. The molecular weight excluding hydrogens is 111 g/mol. The lowest BCUT2D eigenvalue weighted by atomic mass is 10.6. The summed E-state index contributed by atoms with van der Waals surface area (Å²) in [6.07, 6.45) is 2.82. The van der Waals surface area contributed by atoms with Gasteiger partial charge in [0.1, 0.15) is 0 Å². The van der Waals surface area contributed by atoms with E-state index in [0.29, 0.717) is 0 Å². The number of hydrogen-bond donors (Lipinski definition) is 0. The fourth-order valence-corrected chi connectivity index (χ4v) is 3.39. The third-order valence-corrected chi connectivity index (χ3v) is 4.69. The van der Waals surface area contributed by atoms with Crippen LogP contribution in [0.3, 0.4) is 0 Å². The zero-order chi connectivity index (χ0) is 6.41. The van der Waals surface area contributed by atoms with Crippen LogP contribution < -0.4 is 0 Å². The first kappa shape index (κ1) is 8.53. The van der Waals surface area contributed by atoms with Crippen LogP contribution in [-0.4, -0.2) is 14.1 Å². The summed E-state index contributed by atoms with van der Waals surface area (Å²) in [5.41, 5.74) is 0. The molecule has 0 atom stereocenters. The van der Waals surface area contributed by atoms with Gasteiger partial charge in [0.25, 0.3) is 14.1 Å². The molecule has 0 aliphatic rings. The molecule has 0 rings (SSSR count). The molecule has 0 saturated heterocycles. The summed E-state index contributed by atoms with van der Waals surface area (Å²) in [6.45, 7) is 4.58. The van der Waals surface area contributed by atoms with Gasteiger partial charge in [-0.05, 0) is 0 Å². The van der Waals surface area contributed by atoms with Crippen LogP contribution >= 0.6 is 0 Å². The van der Waals surface area contributed by atoms with E-state index in [1.807, 2.05) is 0 Å². The molecule has 0 aromatic rings. The minimum absolute atomic E-state index is 0.202. The Hall–Kier alpha value is 0.532. The third-order valence-electron chi connectivity index (χ3n) is 1.56.